The molecular weight excluding hydrogens is 124 g/mol. The van der Waals surface area contributed by atoms with Gasteiger partial charge in [-0.2, -0.15) is 4.39 Å². The molecule has 0 spiro atoms. The summed E-state index contributed by atoms with van der Waals surface area (Å²) in [5.41, 5.74) is 0.399. The Morgan fingerprint density at radius 2 is 2.22 bits per heavy atom. The average molecular weight is 129 g/mol. The molecule has 0 aliphatic rings. The molecule has 1 heterocycles. The van der Waals surface area contributed by atoms with E-state index in [-0.39, 0.29) is 0 Å². The highest BCUT2D eigenvalue weighted by Gasteiger charge is 1.90. The molecule has 0 unspecified atom stereocenters. The zero-order valence-electron chi connectivity index (χ0n) is 4.64. The van der Waals surface area contributed by atoms with Crippen LogP contribution in [0.5, 0.6) is 0 Å². The summed E-state index contributed by atoms with van der Waals surface area (Å²) < 4.78 is 23.7. The maximum atomic E-state index is 12.0. The van der Waals surface area contributed by atoms with E-state index in [9.17, 15) is 8.78 Å². The Morgan fingerprint density at radius 3 is 2.67 bits per heavy atom. The molecule has 0 amide bonds. The zero-order chi connectivity index (χ0) is 6.69. The quantitative estimate of drug-likeness (QED) is 0.526. The van der Waals surface area contributed by atoms with Crippen molar-refractivity contribution in [3.8, 4) is 0 Å². The molecule has 3 heteroatoms. The molecule has 0 radical (unpaired) electrons. The molecule has 0 aromatic carbocycles. The Bertz CT molecular complexity index is 183. The summed E-state index contributed by atoms with van der Waals surface area (Å²) in [4.78, 5) is 3.24. The fourth-order valence-electron chi connectivity index (χ4n) is 0.485. The number of pyridine rings is 1. The number of aromatic nitrogens is 1. The summed E-state index contributed by atoms with van der Waals surface area (Å²) in [6.07, 6.45) is 1.18. The molecule has 9 heavy (non-hydrogen) atoms. The van der Waals surface area contributed by atoms with E-state index < -0.39 is 12.6 Å². The van der Waals surface area contributed by atoms with Crippen LogP contribution in [0.2, 0.25) is 0 Å². The maximum Gasteiger partial charge on any atom is 0.212 e. The molecule has 0 bridgehead atoms. The number of halogens is 2. The van der Waals surface area contributed by atoms with E-state index in [1.54, 1.807) is 0 Å². The van der Waals surface area contributed by atoms with Gasteiger partial charge in [-0.1, -0.05) is 6.07 Å². The topological polar surface area (TPSA) is 12.9 Å². The largest absolute Gasteiger partial charge is 0.246 e. The highest BCUT2D eigenvalue weighted by Crippen LogP contribution is 1.99. The minimum atomic E-state index is -0.590. The van der Waals surface area contributed by atoms with Gasteiger partial charge in [-0.05, 0) is 6.07 Å². The first kappa shape index (κ1) is 6.13. The highest BCUT2D eigenvalue weighted by atomic mass is 19.1. The lowest BCUT2D eigenvalue weighted by molar-refractivity contribution is 0.481. The first-order valence-corrected chi connectivity index (χ1v) is 2.49. The SMILES string of the molecule is FCc1ccc(F)nc1. The third-order valence-corrected chi connectivity index (χ3v) is 0.943. The third-order valence-electron chi connectivity index (χ3n) is 0.943. The Hall–Kier alpha value is -0.990. The smallest absolute Gasteiger partial charge is 0.212 e. The molecule has 1 aromatic heterocycles. The van der Waals surface area contributed by atoms with Gasteiger partial charge in [0.05, 0.1) is 0 Å². The van der Waals surface area contributed by atoms with Crippen molar-refractivity contribution in [3.63, 3.8) is 0 Å². The summed E-state index contributed by atoms with van der Waals surface area (Å²) in [7, 11) is 0. The molecule has 0 atom stereocenters. The normalized spacial score (nSPS) is 9.56. The predicted molar refractivity (Wildman–Crippen MR) is 29.0 cm³/mol. The average Bonchev–Trinajstić information content (AvgIpc) is 1.90. The fraction of sp³-hybridized carbons (Fsp3) is 0.167. The van der Waals surface area contributed by atoms with Gasteiger partial charge in [-0.15, -0.1) is 0 Å². The zero-order valence-corrected chi connectivity index (χ0v) is 4.64. The molecule has 0 aliphatic carbocycles. The molecule has 1 nitrogen and oxygen atoms in total. The minimum absolute atomic E-state index is 0.399. The predicted octanol–water partition coefficient (Wildman–Crippen LogP) is 1.69. The number of hydrogen-bond acceptors (Lipinski definition) is 1. The van der Waals surface area contributed by atoms with Crippen molar-refractivity contribution < 1.29 is 8.78 Å². The van der Waals surface area contributed by atoms with Crippen molar-refractivity contribution in [1.82, 2.24) is 4.98 Å². The van der Waals surface area contributed by atoms with Crippen molar-refractivity contribution in [2.45, 2.75) is 6.67 Å². The summed E-state index contributed by atoms with van der Waals surface area (Å²) >= 11 is 0. The molecule has 0 N–H and O–H groups in total. The lowest BCUT2D eigenvalue weighted by atomic mass is 10.3. The molecule has 0 aliphatic heterocycles. The molecular formula is C6H5F2N. The Labute approximate surface area is 51.3 Å². The van der Waals surface area contributed by atoms with Crippen LogP contribution in [0.4, 0.5) is 8.78 Å². The van der Waals surface area contributed by atoms with Crippen LogP contribution in [0.1, 0.15) is 5.56 Å². The highest BCUT2D eigenvalue weighted by molar-refractivity contribution is 5.07. The van der Waals surface area contributed by atoms with E-state index in [0.29, 0.717) is 5.56 Å². The monoisotopic (exact) mass is 129 g/mol. The van der Waals surface area contributed by atoms with Gasteiger partial charge in [0.2, 0.25) is 5.95 Å². The van der Waals surface area contributed by atoms with Crippen LogP contribution in [0, 0.1) is 5.95 Å². The Morgan fingerprint density at radius 1 is 1.44 bits per heavy atom. The van der Waals surface area contributed by atoms with E-state index in [1.807, 2.05) is 0 Å². The van der Waals surface area contributed by atoms with Crippen LogP contribution in [0.3, 0.4) is 0 Å². The van der Waals surface area contributed by atoms with E-state index in [2.05, 4.69) is 4.98 Å². The number of nitrogens with zero attached hydrogens (tertiary/aromatic N) is 1. The van der Waals surface area contributed by atoms with Crippen LogP contribution < -0.4 is 0 Å². The standard InChI is InChI=1S/C6H5F2N/c7-3-5-1-2-6(8)9-4-5/h1-2,4H,3H2. The number of hydrogen-bond donors (Lipinski definition) is 0. The van der Waals surface area contributed by atoms with Gasteiger partial charge in [-0.25, -0.2) is 9.37 Å². The van der Waals surface area contributed by atoms with Gasteiger partial charge in [0.25, 0.3) is 0 Å². The summed E-state index contributed by atoms with van der Waals surface area (Å²) in [6, 6.07) is 2.50. The van der Waals surface area contributed by atoms with Crippen LogP contribution in [-0.4, -0.2) is 4.98 Å². The Kier molecular flexibility index (Phi) is 1.72. The number of rotatable bonds is 1. The van der Waals surface area contributed by atoms with Crippen molar-refractivity contribution in [2.24, 2.45) is 0 Å². The maximum absolute atomic E-state index is 12.0. The minimum Gasteiger partial charge on any atom is -0.246 e. The number of alkyl halides is 1. The molecule has 1 aromatic rings. The lowest BCUT2D eigenvalue weighted by Gasteiger charge is -1.89. The van der Waals surface area contributed by atoms with E-state index >= 15 is 0 Å². The summed E-state index contributed by atoms with van der Waals surface area (Å²) in [6.45, 7) is -0.590. The van der Waals surface area contributed by atoms with Crippen LogP contribution >= 0.6 is 0 Å². The van der Waals surface area contributed by atoms with Crippen molar-refractivity contribution in [3.05, 3.63) is 29.8 Å². The van der Waals surface area contributed by atoms with Gasteiger partial charge >= 0.3 is 0 Å². The second kappa shape index (κ2) is 2.53. The molecule has 0 saturated carbocycles. The second-order valence-electron chi connectivity index (χ2n) is 1.62. The molecule has 0 fully saturated rings. The molecule has 1 rings (SSSR count). The van der Waals surface area contributed by atoms with Crippen molar-refractivity contribution >= 4 is 0 Å². The molecule has 48 valence electrons. The fourth-order valence-corrected chi connectivity index (χ4v) is 0.485. The third kappa shape index (κ3) is 1.45. The second-order valence-corrected chi connectivity index (χ2v) is 1.62. The van der Waals surface area contributed by atoms with E-state index in [0.717, 1.165) is 6.07 Å². The van der Waals surface area contributed by atoms with E-state index in [1.165, 1.54) is 12.3 Å². The first-order valence-electron chi connectivity index (χ1n) is 2.49. The van der Waals surface area contributed by atoms with Crippen LogP contribution in [0.15, 0.2) is 18.3 Å². The summed E-state index contributed by atoms with van der Waals surface area (Å²) in [5, 5.41) is 0. The first-order chi connectivity index (χ1) is 4.33. The van der Waals surface area contributed by atoms with Gasteiger partial charge < -0.3 is 0 Å². The van der Waals surface area contributed by atoms with Crippen molar-refractivity contribution in [2.75, 3.05) is 0 Å². The van der Waals surface area contributed by atoms with Gasteiger partial charge in [0.1, 0.15) is 6.67 Å². The van der Waals surface area contributed by atoms with Gasteiger partial charge in [0.15, 0.2) is 0 Å². The Balaban J connectivity index is 2.88. The van der Waals surface area contributed by atoms with Crippen LogP contribution in [0.25, 0.3) is 0 Å². The summed E-state index contributed by atoms with van der Waals surface area (Å²) in [5.74, 6) is -0.577. The molecule has 0 saturated heterocycles. The van der Waals surface area contributed by atoms with Crippen molar-refractivity contribution in [1.29, 1.82) is 0 Å². The van der Waals surface area contributed by atoms with Gasteiger partial charge in [-0.3, -0.25) is 0 Å². The van der Waals surface area contributed by atoms with Gasteiger partial charge in [0, 0.05) is 11.8 Å². The van der Waals surface area contributed by atoms with Crippen LogP contribution in [-0.2, 0) is 6.67 Å². The lowest BCUT2D eigenvalue weighted by Crippen LogP contribution is -1.83. The van der Waals surface area contributed by atoms with E-state index in [4.69, 9.17) is 0 Å².